The van der Waals surface area contributed by atoms with E-state index in [4.69, 9.17) is 28.8 Å². The maximum Gasteiger partial charge on any atom is 0.306 e. The predicted octanol–water partition coefficient (Wildman–Crippen LogP) is -1.21. The SMILES string of the molecule is CCCCCC(=O)OC1C(O)C(OCC(O)C(O)CO)OC(COC(C)=O)C1OC(C)=O. The van der Waals surface area contributed by atoms with E-state index < -0.39 is 80.6 Å². The van der Waals surface area contributed by atoms with Crippen LogP contribution in [0.2, 0.25) is 0 Å². The molecule has 1 aliphatic heterocycles. The fraction of sp³-hybridized carbons (Fsp3) is 0.850. The molecule has 7 atom stereocenters. The van der Waals surface area contributed by atoms with Crippen molar-refractivity contribution in [2.75, 3.05) is 19.8 Å². The summed E-state index contributed by atoms with van der Waals surface area (Å²) in [7, 11) is 0. The Kier molecular flexibility index (Phi) is 12.6. The van der Waals surface area contributed by atoms with Gasteiger partial charge in [-0.05, 0) is 6.42 Å². The molecule has 0 aromatic carbocycles. The minimum atomic E-state index is -1.64. The topological polar surface area (TPSA) is 178 Å². The largest absolute Gasteiger partial charge is 0.463 e. The van der Waals surface area contributed by atoms with Crippen molar-refractivity contribution in [2.24, 2.45) is 0 Å². The summed E-state index contributed by atoms with van der Waals surface area (Å²) in [5.41, 5.74) is 0. The van der Waals surface area contributed by atoms with Crippen LogP contribution in [0.25, 0.3) is 0 Å². The second-order valence-corrected chi connectivity index (χ2v) is 7.47. The summed E-state index contributed by atoms with van der Waals surface area (Å²) in [6, 6.07) is 0. The van der Waals surface area contributed by atoms with E-state index in [1.165, 1.54) is 0 Å². The molecule has 7 unspecified atom stereocenters. The lowest BCUT2D eigenvalue weighted by atomic mass is 9.98. The van der Waals surface area contributed by atoms with Crippen molar-refractivity contribution in [1.29, 1.82) is 0 Å². The normalized spacial score (nSPS) is 27.3. The molecule has 0 aromatic heterocycles. The van der Waals surface area contributed by atoms with Gasteiger partial charge in [0.05, 0.1) is 13.2 Å². The molecule has 0 radical (unpaired) electrons. The quantitative estimate of drug-likeness (QED) is 0.145. The number of carbonyl (C=O) groups excluding carboxylic acids is 3. The monoisotopic (exact) mass is 466 g/mol. The number of unbranched alkanes of at least 4 members (excludes halogenated alkanes) is 2. The molecule has 0 aliphatic carbocycles. The van der Waals surface area contributed by atoms with Gasteiger partial charge in [0.25, 0.3) is 0 Å². The molecule has 1 rings (SSSR count). The molecule has 1 aliphatic rings. The van der Waals surface area contributed by atoms with Crippen LogP contribution in [-0.4, -0.2) is 101 Å². The molecule has 0 saturated carbocycles. The third kappa shape index (κ3) is 9.35. The summed E-state index contributed by atoms with van der Waals surface area (Å²) in [5, 5.41) is 38.9. The maximum atomic E-state index is 12.3. The molecular weight excluding hydrogens is 432 g/mol. The lowest BCUT2D eigenvalue weighted by Gasteiger charge is -2.43. The van der Waals surface area contributed by atoms with Crippen LogP contribution < -0.4 is 0 Å². The molecule has 1 saturated heterocycles. The highest BCUT2D eigenvalue weighted by Crippen LogP contribution is 2.28. The predicted molar refractivity (Wildman–Crippen MR) is 106 cm³/mol. The van der Waals surface area contributed by atoms with Gasteiger partial charge in [0, 0.05) is 20.3 Å². The molecule has 1 heterocycles. The van der Waals surface area contributed by atoms with E-state index in [0.29, 0.717) is 6.42 Å². The highest BCUT2D eigenvalue weighted by atomic mass is 16.7. The smallest absolute Gasteiger partial charge is 0.306 e. The summed E-state index contributed by atoms with van der Waals surface area (Å²) in [5.74, 6) is -2.03. The molecule has 0 aromatic rings. The molecule has 0 amide bonds. The number of rotatable bonds is 13. The van der Waals surface area contributed by atoms with Gasteiger partial charge in [-0.15, -0.1) is 0 Å². The van der Waals surface area contributed by atoms with Gasteiger partial charge in [0.2, 0.25) is 0 Å². The molecule has 4 N–H and O–H groups in total. The number of esters is 3. The van der Waals surface area contributed by atoms with Crippen molar-refractivity contribution >= 4 is 17.9 Å². The van der Waals surface area contributed by atoms with Crippen LogP contribution in [0.4, 0.5) is 0 Å². The first-order chi connectivity index (χ1) is 15.1. The first-order valence-electron chi connectivity index (χ1n) is 10.5. The lowest BCUT2D eigenvalue weighted by Crippen LogP contribution is -2.62. The van der Waals surface area contributed by atoms with Crippen molar-refractivity contribution in [1.82, 2.24) is 0 Å². The Morgan fingerprint density at radius 2 is 1.69 bits per heavy atom. The standard InChI is InChI=1S/C20H34O12/c1-4-5-6-7-16(26)32-19-17(27)20(29-9-14(25)13(24)8-21)31-15(10-28-11(2)22)18(19)30-12(3)23/h13-15,17-21,24-25,27H,4-10H2,1-3H3. The Hall–Kier alpha value is -1.83. The van der Waals surface area contributed by atoms with Gasteiger partial charge in [-0.1, -0.05) is 19.8 Å². The van der Waals surface area contributed by atoms with Crippen LogP contribution in [-0.2, 0) is 38.1 Å². The van der Waals surface area contributed by atoms with E-state index in [0.717, 1.165) is 26.7 Å². The molecule has 0 spiro atoms. The van der Waals surface area contributed by atoms with Gasteiger partial charge in [-0.25, -0.2) is 0 Å². The van der Waals surface area contributed by atoms with Gasteiger partial charge in [0.15, 0.2) is 18.5 Å². The summed E-state index contributed by atoms with van der Waals surface area (Å²) in [6.45, 7) is 2.58. The number of aliphatic hydroxyl groups excluding tert-OH is 4. The van der Waals surface area contributed by atoms with E-state index in [1.807, 2.05) is 6.92 Å². The van der Waals surface area contributed by atoms with Crippen LogP contribution in [0.1, 0.15) is 46.5 Å². The molecule has 186 valence electrons. The summed E-state index contributed by atoms with van der Waals surface area (Å²) < 4.78 is 26.4. The van der Waals surface area contributed by atoms with E-state index in [-0.39, 0.29) is 6.42 Å². The van der Waals surface area contributed by atoms with Crippen molar-refractivity contribution in [3.8, 4) is 0 Å². The minimum absolute atomic E-state index is 0.0756. The average Bonchev–Trinajstić information content (AvgIpc) is 2.73. The fourth-order valence-electron chi connectivity index (χ4n) is 2.99. The Labute approximate surface area is 186 Å². The van der Waals surface area contributed by atoms with Crippen LogP contribution in [0.3, 0.4) is 0 Å². The molecule has 12 heteroatoms. The van der Waals surface area contributed by atoms with Crippen LogP contribution >= 0.6 is 0 Å². The number of hydrogen-bond donors (Lipinski definition) is 4. The van der Waals surface area contributed by atoms with Crippen LogP contribution in [0, 0.1) is 0 Å². The molecular formula is C20H34O12. The molecule has 32 heavy (non-hydrogen) atoms. The zero-order valence-electron chi connectivity index (χ0n) is 18.5. The fourth-order valence-corrected chi connectivity index (χ4v) is 2.99. The lowest BCUT2D eigenvalue weighted by molar-refractivity contribution is -0.310. The van der Waals surface area contributed by atoms with E-state index in [1.54, 1.807) is 0 Å². The number of aliphatic hydroxyl groups is 4. The van der Waals surface area contributed by atoms with Gasteiger partial charge < -0.3 is 44.1 Å². The van der Waals surface area contributed by atoms with Crippen LogP contribution in [0.5, 0.6) is 0 Å². The van der Waals surface area contributed by atoms with Crippen LogP contribution in [0.15, 0.2) is 0 Å². The van der Waals surface area contributed by atoms with E-state index >= 15 is 0 Å². The summed E-state index contributed by atoms with van der Waals surface area (Å²) in [4.78, 5) is 35.2. The van der Waals surface area contributed by atoms with Crippen molar-refractivity contribution < 1.29 is 58.5 Å². The third-order valence-corrected chi connectivity index (χ3v) is 4.68. The van der Waals surface area contributed by atoms with Gasteiger partial charge in [-0.3, -0.25) is 14.4 Å². The Morgan fingerprint density at radius 3 is 2.25 bits per heavy atom. The number of hydrogen-bond acceptors (Lipinski definition) is 12. The Balaban J connectivity index is 3.04. The summed E-state index contributed by atoms with van der Waals surface area (Å²) in [6.07, 6.45) is -7.67. The first-order valence-corrected chi connectivity index (χ1v) is 10.5. The third-order valence-electron chi connectivity index (χ3n) is 4.68. The minimum Gasteiger partial charge on any atom is -0.463 e. The second kappa shape index (κ2) is 14.3. The number of ether oxygens (including phenoxy) is 5. The summed E-state index contributed by atoms with van der Waals surface area (Å²) >= 11 is 0. The highest BCUT2D eigenvalue weighted by Gasteiger charge is 2.50. The average molecular weight is 466 g/mol. The van der Waals surface area contributed by atoms with Crippen molar-refractivity contribution in [2.45, 2.75) is 89.4 Å². The van der Waals surface area contributed by atoms with E-state index in [2.05, 4.69) is 0 Å². The maximum absolute atomic E-state index is 12.3. The second-order valence-electron chi connectivity index (χ2n) is 7.47. The van der Waals surface area contributed by atoms with E-state index in [9.17, 15) is 29.7 Å². The van der Waals surface area contributed by atoms with Gasteiger partial charge in [0.1, 0.15) is 31.0 Å². The number of carbonyl (C=O) groups is 3. The molecule has 12 nitrogen and oxygen atoms in total. The zero-order chi connectivity index (χ0) is 24.3. The van der Waals surface area contributed by atoms with Crippen molar-refractivity contribution in [3.05, 3.63) is 0 Å². The van der Waals surface area contributed by atoms with Gasteiger partial charge in [-0.2, -0.15) is 0 Å². The first kappa shape index (κ1) is 28.2. The van der Waals surface area contributed by atoms with Gasteiger partial charge >= 0.3 is 17.9 Å². The molecule has 0 bridgehead atoms. The zero-order valence-corrected chi connectivity index (χ0v) is 18.5. The Morgan fingerprint density at radius 1 is 1.00 bits per heavy atom. The Bertz CT molecular complexity index is 597. The molecule has 1 fully saturated rings. The highest BCUT2D eigenvalue weighted by molar-refractivity contribution is 5.70. The van der Waals surface area contributed by atoms with Crippen molar-refractivity contribution in [3.63, 3.8) is 0 Å².